The summed E-state index contributed by atoms with van der Waals surface area (Å²) in [5.74, 6) is -0.576. The lowest BCUT2D eigenvalue weighted by atomic mass is 10.0. The van der Waals surface area contributed by atoms with Gasteiger partial charge in [-0.05, 0) is 29.7 Å². The third-order valence-corrected chi connectivity index (χ3v) is 5.90. The SMILES string of the molecule is CC(C)c1ccc(-c2nc(C(=O)Nc3ccc([S@](C)=O)c(F)c3)cs2)cc1. The average molecular weight is 403 g/mol. The molecule has 0 radical (unpaired) electrons. The lowest BCUT2D eigenvalue weighted by Gasteiger charge is -2.06. The Morgan fingerprint density at radius 2 is 1.89 bits per heavy atom. The number of benzene rings is 2. The number of halogens is 1. The van der Waals surface area contributed by atoms with Gasteiger partial charge in [0.2, 0.25) is 0 Å². The van der Waals surface area contributed by atoms with Crippen molar-refractivity contribution in [1.82, 2.24) is 4.98 Å². The Bertz CT molecular complexity index is 997. The molecule has 3 rings (SSSR count). The lowest BCUT2D eigenvalue weighted by molar-refractivity contribution is 0.102. The first-order valence-electron chi connectivity index (χ1n) is 8.35. The predicted octanol–water partition coefficient (Wildman–Crippen LogP) is 5.06. The third kappa shape index (κ3) is 4.48. The molecule has 1 amide bonds. The zero-order valence-electron chi connectivity index (χ0n) is 15.2. The van der Waals surface area contributed by atoms with Crippen LogP contribution < -0.4 is 5.32 Å². The van der Waals surface area contributed by atoms with Crippen molar-refractivity contribution in [2.24, 2.45) is 0 Å². The Morgan fingerprint density at radius 3 is 2.48 bits per heavy atom. The van der Waals surface area contributed by atoms with Crippen molar-refractivity contribution in [2.75, 3.05) is 11.6 Å². The number of thiazole rings is 1. The number of amides is 1. The van der Waals surface area contributed by atoms with Crippen LogP contribution in [0.1, 0.15) is 35.8 Å². The fourth-order valence-corrected chi connectivity index (χ4v) is 3.93. The third-order valence-electron chi connectivity index (χ3n) is 4.06. The Morgan fingerprint density at radius 1 is 1.19 bits per heavy atom. The summed E-state index contributed by atoms with van der Waals surface area (Å²) >= 11 is 1.38. The smallest absolute Gasteiger partial charge is 0.275 e. The second-order valence-corrected chi connectivity index (χ2v) is 8.57. The minimum absolute atomic E-state index is 0.105. The standard InChI is InChI=1S/C20H19FN2O2S2/c1-12(2)13-4-6-14(7-5-13)20-23-17(11-26-20)19(24)22-15-8-9-18(27(3)25)16(21)10-15/h4-12H,1-3H3,(H,22,24)/t27-/m0/s1. The normalized spacial score (nSPS) is 12.2. The van der Waals surface area contributed by atoms with Gasteiger partial charge in [0.15, 0.2) is 0 Å². The van der Waals surface area contributed by atoms with E-state index in [1.54, 1.807) is 5.38 Å². The number of hydrogen-bond donors (Lipinski definition) is 1. The first-order valence-corrected chi connectivity index (χ1v) is 10.8. The van der Waals surface area contributed by atoms with E-state index in [-0.39, 0.29) is 10.6 Å². The Hall–Kier alpha value is -2.38. The average Bonchev–Trinajstić information content (AvgIpc) is 3.12. The van der Waals surface area contributed by atoms with Crippen molar-refractivity contribution in [2.45, 2.75) is 24.7 Å². The molecule has 0 bridgehead atoms. The van der Waals surface area contributed by atoms with Crippen LogP contribution in [0.15, 0.2) is 52.7 Å². The van der Waals surface area contributed by atoms with Crippen LogP contribution in [0.3, 0.4) is 0 Å². The molecule has 0 spiro atoms. The fraction of sp³-hybridized carbons (Fsp3) is 0.200. The molecule has 27 heavy (non-hydrogen) atoms. The van der Waals surface area contributed by atoms with Crippen LogP contribution in [0, 0.1) is 5.82 Å². The Balaban J connectivity index is 1.75. The summed E-state index contributed by atoms with van der Waals surface area (Å²) in [6, 6.07) is 12.2. The van der Waals surface area contributed by atoms with E-state index in [9.17, 15) is 13.4 Å². The summed E-state index contributed by atoms with van der Waals surface area (Å²) in [7, 11) is -1.42. The molecule has 1 heterocycles. The second kappa shape index (κ2) is 8.10. The zero-order valence-corrected chi connectivity index (χ0v) is 16.8. The number of anilines is 1. The summed E-state index contributed by atoms with van der Waals surface area (Å²) in [6.45, 7) is 4.27. The fourth-order valence-electron chi connectivity index (χ4n) is 2.53. The predicted molar refractivity (Wildman–Crippen MR) is 108 cm³/mol. The first-order chi connectivity index (χ1) is 12.8. The molecule has 1 N–H and O–H groups in total. The maximum absolute atomic E-state index is 13.9. The van der Waals surface area contributed by atoms with Crippen LogP contribution in [-0.2, 0) is 10.8 Å². The van der Waals surface area contributed by atoms with E-state index in [0.29, 0.717) is 11.6 Å². The van der Waals surface area contributed by atoms with E-state index < -0.39 is 22.5 Å². The molecule has 7 heteroatoms. The number of aromatic nitrogens is 1. The zero-order chi connectivity index (χ0) is 19.6. The first kappa shape index (κ1) is 19.4. The summed E-state index contributed by atoms with van der Waals surface area (Å²) in [6.07, 6.45) is 1.40. The van der Waals surface area contributed by atoms with Gasteiger partial charge in [0.25, 0.3) is 5.91 Å². The van der Waals surface area contributed by atoms with E-state index in [2.05, 4.69) is 36.3 Å². The van der Waals surface area contributed by atoms with Gasteiger partial charge >= 0.3 is 0 Å². The maximum Gasteiger partial charge on any atom is 0.275 e. The van der Waals surface area contributed by atoms with Crippen molar-refractivity contribution in [3.05, 3.63) is 64.9 Å². The molecule has 0 unspecified atom stereocenters. The number of hydrogen-bond acceptors (Lipinski definition) is 4. The number of rotatable bonds is 5. The number of nitrogens with zero attached hydrogens (tertiary/aromatic N) is 1. The van der Waals surface area contributed by atoms with Crippen LogP contribution >= 0.6 is 11.3 Å². The molecule has 3 aromatic rings. The van der Waals surface area contributed by atoms with Gasteiger partial charge in [-0.3, -0.25) is 9.00 Å². The number of carbonyl (C=O) groups is 1. The molecule has 1 aromatic heterocycles. The Kier molecular flexibility index (Phi) is 5.82. The van der Waals surface area contributed by atoms with Crippen LogP contribution in [-0.4, -0.2) is 21.4 Å². The molecular formula is C20H19FN2O2S2. The Labute approximate surface area is 163 Å². The molecule has 0 aliphatic heterocycles. The lowest BCUT2D eigenvalue weighted by Crippen LogP contribution is -2.12. The summed E-state index contributed by atoms with van der Waals surface area (Å²) < 4.78 is 25.3. The van der Waals surface area contributed by atoms with Crippen LogP contribution in [0.4, 0.5) is 10.1 Å². The van der Waals surface area contributed by atoms with Crippen LogP contribution in [0.5, 0.6) is 0 Å². The molecule has 0 fully saturated rings. The molecule has 0 aliphatic rings. The highest BCUT2D eigenvalue weighted by Gasteiger charge is 2.14. The van der Waals surface area contributed by atoms with Crippen molar-refractivity contribution in [3.8, 4) is 10.6 Å². The van der Waals surface area contributed by atoms with Gasteiger partial charge in [0.05, 0.1) is 15.7 Å². The van der Waals surface area contributed by atoms with Gasteiger partial charge in [-0.15, -0.1) is 11.3 Å². The summed E-state index contributed by atoms with van der Waals surface area (Å²) in [5, 5.41) is 5.04. The number of carbonyl (C=O) groups excluding carboxylic acids is 1. The highest BCUT2D eigenvalue weighted by atomic mass is 32.2. The van der Waals surface area contributed by atoms with E-state index in [0.717, 1.165) is 16.6 Å². The maximum atomic E-state index is 13.9. The van der Waals surface area contributed by atoms with Crippen molar-refractivity contribution < 1.29 is 13.4 Å². The molecule has 4 nitrogen and oxygen atoms in total. The largest absolute Gasteiger partial charge is 0.321 e. The highest BCUT2D eigenvalue weighted by Crippen LogP contribution is 2.26. The van der Waals surface area contributed by atoms with E-state index >= 15 is 0 Å². The van der Waals surface area contributed by atoms with E-state index in [1.165, 1.54) is 35.3 Å². The minimum Gasteiger partial charge on any atom is -0.321 e. The van der Waals surface area contributed by atoms with E-state index in [4.69, 9.17) is 0 Å². The van der Waals surface area contributed by atoms with Crippen molar-refractivity contribution in [1.29, 1.82) is 0 Å². The highest BCUT2D eigenvalue weighted by molar-refractivity contribution is 7.84. The van der Waals surface area contributed by atoms with Crippen LogP contribution in [0.2, 0.25) is 0 Å². The van der Waals surface area contributed by atoms with Crippen molar-refractivity contribution in [3.63, 3.8) is 0 Å². The quantitative estimate of drug-likeness (QED) is 0.649. The second-order valence-electron chi connectivity index (χ2n) is 6.37. The van der Waals surface area contributed by atoms with Gasteiger partial charge in [-0.2, -0.15) is 0 Å². The van der Waals surface area contributed by atoms with Gasteiger partial charge in [0.1, 0.15) is 16.5 Å². The summed E-state index contributed by atoms with van der Waals surface area (Å²) in [4.78, 5) is 16.9. The van der Waals surface area contributed by atoms with Gasteiger partial charge < -0.3 is 5.32 Å². The molecule has 0 aliphatic carbocycles. The van der Waals surface area contributed by atoms with Gasteiger partial charge in [-0.1, -0.05) is 38.1 Å². The topological polar surface area (TPSA) is 59.1 Å². The molecule has 0 saturated heterocycles. The van der Waals surface area contributed by atoms with Crippen LogP contribution in [0.25, 0.3) is 10.6 Å². The molecule has 1 atom stereocenters. The number of nitrogens with one attached hydrogen (secondary N) is 1. The minimum atomic E-state index is -1.42. The van der Waals surface area contributed by atoms with E-state index in [1.807, 2.05) is 12.1 Å². The molecule has 2 aromatic carbocycles. The molecule has 0 saturated carbocycles. The van der Waals surface area contributed by atoms with Gasteiger partial charge in [0, 0.05) is 22.9 Å². The van der Waals surface area contributed by atoms with Gasteiger partial charge in [-0.25, -0.2) is 9.37 Å². The van der Waals surface area contributed by atoms with Crippen molar-refractivity contribution >= 4 is 33.7 Å². The monoisotopic (exact) mass is 402 g/mol. The summed E-state index contributed by atoms with van der Waals surface area (Å²) in [5.41, 5.74) is 2.75. The molecule has 140 valence electrons. The molecular weight excluding hydrogens is 383 g/mol.